The van der Waals surface area contributed by atoms with Crippen molar-refractivity contribution in [2.45, 2.75) is 66.8 Å². The predicted molar refractivity (Wildman–Crippen MR) is 75.2 cm³/mol. The maximum absolute atomic E-state index is 11.8. The Balaban J connectivity index is 4.14. The van der Waals surface area contributed by atoms with E-state index in [1.54, 1.807) is 0 Å². The van der Waals surface area contributed by atoms with Crippen molar-refractivity contribution in [1.82, 2.24) is 5.32 Å². The minimum Gasteiger partial charge on any atom is -0.314 e. The van der Waals surface area contributed by atoms with E-state index < -0.39 is 0 Å². The lowest BCUT2D eigenvalue weighted by Gasteiger charge is -2.20. The van der Waals surface area contributed by atoms with Gasteiger partial charge in [-0.3, -0.25) is 4.79 Å². The molecule has 0 amide bonds. The number of carbonyl (C=O) groups is 1. The molecule has 2 heteroatoms. The third kappa shape index (κ3) is 9.34. The molecule has 17 heavy (non-hydrogen) atoms. The van der Waals surface area contributed by atoms with E-state index in [2.05, 4.69) is 33.0 Å². The fourth-order valence-corrected chi connectivity index (χ4v) is 1.77. The normalized spacial score (nSPS) is 13.7. The quantitative estimate of drug-likeness (QED) is 0.667. The van der Waals surface area contributed by atoms with Crippen LogP contribution in [0.1, 0.15) is 60.8 Å². The topological polar surface area (TPSA) is 29.1 Å². The molecule has 0 aromatic rings. The molecule has 0 heterocycles. The van der Waals surface area contributed by atoms with E-state index in [0.29, 0.717) is 17.7 Å². The van der Waals surface area contributed by atoms with Crippen molar-refractivity contribution >= 4 is 5.78 Å². The smallest absolute Gasteiger partial charge is 0.135 e. The average molecular weight is 241 g/mol. The summed E-state index contributed by atoms with van der Waals surface area (Å²) in [6, 6.07) is 0.505. The van der Waals surface area contributed by atoms with Gasteiger partial charge in [0.05, 0.1) is 0 Å². The SMILES string of the molecule is CC(C)CCC(CNC(C)C)CC(=O)C(C)C. The number of nitrogens with one attached hydrogen (secondary N) is 1. The lowest BCUT2D eigenvalue weighted by atomic mass is 9.90. The third-order valence-electron chi connectivity index (χ3n) is 3.10. The average Bonchev–Trinajstić information content (AvgIpc) is 2.21. The van der Waals surface area contributed by atoms with Crippen LogP contribution in [0.15, 0.2) is 0 Å². The zero-order chi connectivity index (χ0) is 13.4. The van der Waals surface area contributed by atoms with Crippen LogP contribution in [-0.4, -0.2) is 18.4 Å². The second kappa shape index (κ2) is 8.68. The standard InChI is InChI=1S/C15H31NO/c1-11(2)7-8-14(10-16-13(5)6)9-15(17)12(3)4/h11-14,16H,7-10H2,1-6H3. The van der Waals surface area contributed by atoms with E-state index >= 15 is 0 Å². The molecule has 0 aliphatic heterocycles. The molecule has 0 aliphatic rings. The highest BCUT2D eigenvalue weighted by molar-refractivity contribution is 5.80. The first-order chi connectivity index (χ1) is 7.82. The van der Waals surface area contributed by atoms with Gasteiger partial charge in [-0.15, -0.1) is 0 Å². The number of Topliss-reactive ketones (excluding diaryl/α,β-unsaturated/α-hetero) is 1. The molecular formula is C15H31NO. The fraction of sp³-hybridized carbons (Fsp3) is 0.933. The summed E-state index contributed by atoms with van der Waals surface area (Å²) in [5.74, 6) is 1.82. The Labute approximate surface area is 108 Å². The minimum absolute atomic E-state index is 0.176. The molecule has 0 aromatic heterocycles. The molecule has 0 rings (SSSR count). The second-order valence-electron chi connectivity index (χ2n) is 6.23. The molecule has 0 bridgehead atoms. The first-order valence-electron chi connectivity index (χ1n) is 7.09. The van der Waals surface area contributed by atoms with Gasteiger partial charge in [-0.2, -0.15) is 0 Å². The zero-order valence-corrected chi connectivity index (χ0v) is 12.5. The van der Waals surface area contributed by atoms with Gasteiger partial charge in [0.2, 0.25) is 0 Å². The minimum atomic E-state index is 0.176. The summed E-state index contributed by atoms with van der Waals surface area (Å²) in [5.41, 5.74) is 0. The Kier molecular flexibility index (Phi) is 8.49. The lowest BCUT2D eigenvalue weighted by Crippen LogP contribution is -2.31. The van der Waals surface area contributed by atoms with Crippen LogP contribution >= 0.6 is 0 Å². The van der Waals surface area contributed by atoms with Crippen LogP contribution in [0.2, 0.25) is 0 Å². The van der Waals surface area contributed by atoms with E-state index in [1.165, 1.54) is 6.42 Å². The number of carbonyl (C=O) groups excluding carboxylic acids is 1. The molecule has 0 aromatic carbocycles. The van der Waals surface area contributed by atoms with E-state index in [-0.39, 0.29) is 5.92 Å². The Morgan fingerprint density at radius 3 is 2.00 bits per heavy atom. The molecule has 0 fully saturated rings. The van der Waals surface area contributed by atoms with Crippen molar-refractivity contribution in [1.29, 1.82) is 0 Å². The van der Waals surface area contributed by atoms with Crippen molar-refractivity contribution < 1.29 is 4.79 Å². The van der Waals surface area contributed by atoms with Crippen LogP contribution in [0, 0.1) is 17.8 Å². The van der Waals surface area contributed by atoms with E-state index in [1.807, 2.05) is 13.8 Å². The van der Waals surface area contributed by atoms with E-state index in [9.17, 15) is 4.79 Å². The summed E-state index contributed by atoms with van der Waals surface area (Å²) in [5, 5.41) is 3.46. The molecule has 2 nitrogen and oxygen atoms in total. The maximum Gasteiger partial charge on any atom is 0.135 e. The van der Waals surface area contributed by atoms with Crippen LogP contribution in [0.3, 0.4) is 0 Å². The van der Waals surface area contributed by atoms with E-state index in [4.69, 9.17) is 0 Å². The largest absolute Gasteiger partial charge is 0.314 e. The van der Waals surface area contributed by atoms with Crippen LogP contribution in [0.25, 0.3) is 0 Å². The lowest BCUT2D eigenvalue weighted by molar-refractivity contribution is -0.122. The molecule has 0 saturated carbocycles. The molecule has 1 unspecified atom stereocenters. The van der Waals surface area contributed by atoms with Gasteiger partial charge in [0.15, 0.2) is 0 Å². The van der Waals surface area contributed by atoms with Gasteiger partial charge in [0.1, 0.15) is 5.78 Å². The van der Waals surface area contributed by atoms with Crippen molar-refractivity contribution in [2.75, 3.05) is 6.54 Å². The second-order valence-corrected chi connectivity index (χ2v) is 6.23. The first kappa shape index (κ1) is 16.6. The molecule has 0 radical (unpaired) electrons. The van der Waals surface area contributed by atoms with Crippen molar-refractivity contribution in [3.05, 3.63) is 0 Å². The van der Waals surface area contributed by atoms with Gasteiger partial charge >= 0.3 is 0 Å². The van der Waals surface area contributed by atoms with Gasteiger partial charge in [0, 0.05) is 18.4 Å². The summed E-state index contributed by atoms with van der Waals surface area (Å²) < 4.78 is 0. The molecule has 0 saturated heterocycles. The summed E-state index contributed by atoms with van der Waals surface area (Å²) >= 11 is 0. The summed E-state index contributed by atoms with van der Waals surface area (Å²) in [6.07, 6.45) is 3.12. The Hall–Kier alpha value is -0.370. The first-order valence-corrected chi connectivity index (χ1v) is 7.09. The molecule has 1 N–H and O–H groups in total. The van der Waals surface area contributed by atoms with Gasteiger partial charge in [0.25, 0.3) is 0 Å². The Morgan fingerprint density at radius 2 is 1.59 bits per heavy atom. The van der Waals surface area contributed by atoms with Gasteiger partial charge in [-0.05, 0) is 24.8 Å². The zero-order valence-electron chi connectivity index (χ0n) is 12.5. The fourth-order valence-electron chi connectivity index (χ4n) is 1.77. The van der Waals surface area contributed by atoms with E-state index in [0.717, 1.165) is 25.3 Å². The molecular weight excluding hydrogens is 210 g/mol. The Morgan fingerprint density at radius 1 is 1.00 bits per heavy atom. The molecule has 1 atom stereocenters. The molecule has 0 spiro atoms. The predicted octanol–water partition coefficient (Wildman–Crippen LogP) is 3.65. The van der Waals surface area contributed by atoms with Gasteiger partial charge < -0.3 is 5.32 Å². The summed E-state index contributed by atoms with van der Waals surface area (Å²) in [6.45, 7) is 13.8. The summed E-state index contributed by atoms with van der Waals surface area (Å²) in [7, 11) is 0. The van der Waals surface area contributed by atoms with Crippen LogP contribution in [0.4, 0.5) is 0 Å². The monoisotopic (exact) mass is 241 g/mol. The van der Waals surface area contributed by atoms with Crippen molar-refractivity contribution in [3.8, 4) is 0 Å². The van der Waals surface area contributed by atoms with Gasteiger partial charge in [-0.1, -0.05) is 48.0 Å². The number of ketones is 1. The number of hydrogen-bond donors (Lipinski definition) is 1. The highest BCUT2D eigenvalue weighted by Gasteiger charge is 2.16. The summed E-state index contributed by atoms with van der Waals surface area (Å²) in [4.78, 5) is 11.8. The van der Waals surface area contributed by atoms with Crippen LogP contribution in [-0.2, 0) is 4.79 Å². The maximum atomic E-state index is 11.8. The molecule has 102 valence electrons. The highest BCUT2D eigenvalue weighted by atomic mass is 16.1. The van der Waals surface area contributed by atoms with Crippen molar-refractivity contribution in [2.24, 2.45) is 17.8 Å². The van der Waals surface area contributed by atoms with Gasteiger partial charge in [-0.25, -0.2) is 0 Å². The Bertz CT molecular complexity index is 197. The number of rotatable bonds is 9. The third-order valence-corrected chi connectivity index (χ3v) is 3.10. The van der Waals surface area contributed by atoms with Crippen molar-refractivity contribution in [3.63, 3.8) is 0 Å². The molecule has 0 aliphatic carbocycles. The highest BCUT2D eigenvalue weighted by Crippen LogP contribution is 2.17. The van der Waals surface area contributed by atoms with Crippen LogP contribution in [0.5, 0.6) is 0 Å². The number of hydrogen-bond acceptors (Lipinski definition) is 2. The van der Waals surface area contributed by atoms with Crippen LogP contribution < -0.4 is 5.32 Å².